The average molecular weight is 311 g/mol. The Balaban J connectivity index is 1.72. The lowest BCUT2D eigenvalue weighted by atomic mass is 10.2. The van der Waals surface area contributed by atoms with Gasteiger partial charge in [-0.15, -0.1) is 0 Å². The fourth-order valence-corrected chi connectivity index (χ4v) is 1.98. The summed E-state index contributed by atoms with van der Waals surface area (Å²) in [6, 6.07) is 6.30. The van der Waals surface area contributed by atoms with Crippen molar-refractivity contribution in [3.8, 4) is 11.4 Å². The maximum Gasteiger partial charge on any atom is 0.255 e. The fraction of sp³-hybridized carbons (Fsp3) is 0.133. The van der Waals surface area contributed by atoms with Crippen LogP contribution in [0.1, 0.15) is 16.2 Å². The minimum Gasteiger partial charge on any atom is -0.337 e. The van der Waals surface area contributed by atoms with Gasteiger partial charge in [0.2, 0.25) is 17.3 Å². The van der Waals surface area contributed by atoms with Crippen LogP contribution < -0.4 is 5.56 Å². The molecule has 0 aliphatic heterocycles. The molecule has 0 unspecified atom stereocenters. The van der Waals surface area contributed by atoms with Crippen LogP contribution in [0.2, 0.25) is 0 Å². The van der Waals surface area contributed by atoms with Gasteiger partial charge in [0.05, 0.1) is 12.1 Å². The number of H-pyrrole nitrogens is 1. The maximum absolute atomic E-state index is 12.2. The molecular formula is C15H13N5O3. The van der Waals surface area contributed by atoms with E-state index in [1.165, 1.54) is 23.2 Å². The van der Waals surface area contributed by atoms with Crippen LogP contribution in [0.3, 0.4) is 0 Å². The van der Waals surface area contributed by atoms with Crippen molar-refractivity contribution in [1.29, 1.82) is 0 Å². The molecule has 3 aromatic rings. The molecule has 8 heteroatoms. The fourth-order valence-electron chi connectivity index (χ4n) is 1.98. The third kappa shape index (κ3) is 3.31. The summed E-state index contributed by atoms with van der Waals surface area (Å²) in [6.45, 7) is 0.163. The smallest absolute Gasteiger partial charge is 0.255 e. The lowest BCUT2D eigenvalue weighted by molar-refractivity contribution is 0.0769. The molecule has 8 nitrogen and oxygen atoms in total. The van der Waals surface area contributed by atoms with Crippen molar-refractivity contribution in [3.05, 3.63) is 64.7 Å². The first-order chi connectivity index (χ1) is 11.1. The lowest BCUT2D eigenvalue weighted by Crippen LogP contribution is -2.27. The molecule has 1 N–H and O–H groups in total. The molecule has 3 heterocycles. The highest BCUT2D eigenvalue weighted by Crippen LogP contribution is 2.15. The molecule has 0 aromatic carbocycles. The highest BCUT2D eigenvalue weighted by molar-refractivity contribution is 5.93. The Labute approximate surface area is 130 Å². The highest BCUT2D eigenvalue weighted by atomic mass is 16.5. The molecule has 23 heavy (non-hydrogen) atoms. The Bertz CT molecular complexity index is 852. The van der Waals surface area contributed by atoms with E-state index in [1.54, 1.807) is 31.6 Å². The zero-order valence-corrected chi connectivity index (χ0v) is 12.3. The Morgan fingerprint density at radius 3 is 2.74 bits per heavy atom. The van der Waals surface area contributed by atoms with Gasteiger partial charge < -0.3 is 14.4 Å². The quantitative estimate of drug-likeness (QED) is 0.773. The van der Waals surface area contributed by atoms with Crippen molar-refractivity contribution in [3.63, 3.8) is 0 Å². The van der Waals surface area contributed by atoms with E-state index in [2.05, 4.69) is 20.1 Å². The molecular weight excluding hydrogens is 298 g/mol. The average Bonchev–Trinajstić information content (AvgIpc) is 3.04. The van der Waals surface area contributed by atoms with Gasteiger partial charge in [-0.3, -0.25) is 14.6 Å². The second-order valence-electron chi connectivity index (χ2n) is 4.85. The number of pyridine rings is 2. The Morgan fingerprint density at radius 2 is 2.04 bits per heavy atom. The van der Waals surface area contributed by atoms with E-state index in [4.69, 9.17) is 4.52 Å². The van der Waals surface area contributed by atoms with Crippen molar-refractivity contribution >= 4 is 5.91 Å². The Morgan fingerprint density at radius 1 is 1.26 bits per heavy atom. The van der Waals surface area contributed by atoms with Crippen LogP contribution in [0.4, 0.5) is 0 Å². The molecule has 0 saturated carbocycles. The number of hydrogen-bond donors (Lipinski definition) is 1. The van der Waals surface area contributed by atoms with Crippen molar-refractivity contribution < 1.29 is 9.32 Å². The summed E-state index contributed by atoms with van der Waals surface area (Å²) >= 11 is 0. The molecule has 3 aromatic heterocycles. The van der Waals surface area contributed by atoms with Gasteiger partial charge in [0.1, 0.15) is 0 Å². The largest absolute Gasteiger partial charge is 0.337 e. The monoisotopic (exact) mass is 311 g/mol. The number of carbonyl (C=O) groups excluding carboxylic acids is 1. The number of hydrogen-bond acceptors (Lipinski definition) is 6. The van der Waals surface area contributed by atoms with Gasteiger partial charge in [0, 0.05) is 37.3 Å². The molecule has 0 radical (unpaired) electrons. The second-order valence-corrected chi connectivity index (χ2v) is 4.85. The first-order valence-corrected chi connectivity index (χ1v) is 6.80. The predicted octanol–water partition coefficient (Wildman–Crippen LogP) is 1.09. The van der Waals surface area contributed by atoms with E-state index in [9.17, 15) is 9.59 Å². The van der Waals surface area contributed by atoms with E-state index < -0.39 is 0 Å². The van der Waals surface area contributed by atoms with Crippen LogP contribution in [0.15, 0.2) is 52.2 Å². The van der Waals surface area contributed by atoms with Crippen LogP contribution in [0, 0.1) is 0 Å². The van der Waals surface area contributed by atoms with E-state index >= 15 is 0 Å². The number of nitrogens with one attached hydrogen (secondary N) is 1. The number of rotatable bonds is 4. The van der Waals surface area contributed by atoms with E-state index in [0.717, 1.165) is 5.56 Å². The highest BCUT2D eigenvalue weighted by Gasteiger charge is 2.16. The number of aromatic nitrogens is 4. The van der Waals surface area contributed by atoms with Crippen LogP contribution in [-0.4, -0.2) is 38.0 Å². The summed E-state index contributed by atoms with van der Waals surface area (Å²) in [5.41, 5.74) is 0.897. The van der Waals surface area contributed by atoms with Gasteiger partial charge in [0.15, 0.2) is 0 Å². The molecule has 0 bridgehead atoms. The molecule has 1 amide bonds. The van der Waals surface area contributed by atoms with Gasteiger partial charge >= 0.3 is 0 Å². The summed E-state index contributed by atoms with van der Waals surface area (Å²) in [5, 5.41) is 3.88. The third-order valence-electron chi connectivity index (χ3n) is 3.16. The van der Waals surface area contributed by atoms with Gasteiger partial charge in [-0.25, -0.2) is 0 Å². The van der Waals surface area contributed by atoms with E-state index in [0.29, 0.717) is 17.3 Å². The molecule has 3 rings (SSSR count). The first kappa shape index (κ1) is 14.6. The molecule has 0 aliphatic carbocycles. The van der Waals surface area contributed by atoms with Gasteiger partial charge in [-0.05, 0) is 18.2 Å². The minimum atomic E-state index is -0.261. The summed E-state index contributed by atoms with van der Waals surface area (Å²) in [4.78, 5) is 35.3. The number of aromatic amines is 1. The summed E-state index contributed by atoms with van der Waals surface area (Å²) < 4.78 is 5.16. The zero-order valence-electron chi connectivity index (χ0n) is 12.3. The lowest BCUT2D eigenvalue weighted by Gasteiger charge is -2.14. The molecule has 0 spiro atoms. The summed E-state index contributed by atoms with van der Waals surface area (Å²) in [7, 11) is 1.61. The maximum atomic E-state index is 12.2. The molecule has 116 valence electrons. The molecule has 0 aliphatic rings. The van der Waals surface area contributed by atoms with Gasteiger partial charge in [-0.1, -0.05) is 5.16 Å². The van der Waals surface area contributed by atoms with E-state index in [1.807, 2.05) is 0 Å². The second kappa shape index (κ2) is 6.22. The standard InChI is InChI=1S/C15H13N5O3/c1-20(15(22)11-2-3-12(21)17-8-11)9-13-18-14(19-23-13)10-4-6-16-7-5-10/h2-8H,9H2,1H3,(H,17,21). The Kier molecular flexibility index (Phi) is 3.96. The first-order valence-electron chi connectivity index (χ1n) is 6.80. The van der Waals surface area contributed by atoms with Crippen molar-refractivity contribution in [1.82, 2.24) is 25.0 Å². The normalized spacial score (nSPS) is 10.5. The van der Waals surface area contributed by atoms with Crippen molar-refractivity contribution in [2.75, 3.05) is 7.05 Å². The number of nitrogens with zero attached hydrogens (tertiary/aromatic N) is 4. The van der Waals surface area contributed by atoms with Crippen LogP contribution in [0.25, 0.3) is 11.4 Å². The van der Waals surface area contributed by atoms with Crippen LogP contribution in [0.5, 0.6) is 0 Å². The van der Waals surface area contributed by atoms with Crippen LogP contribution in [-0.2, 0) is 6.54 Å². The zero-order chi connectivity index (χ0) is 16.2. The number of amides is 1. The molecule has 0 fully saturated rings. The van der Waals surface area contributed by atoms with Crippen molar-refractivity contribution in [2.45, 2.75) is 6.54 Å². The van der Waals surface area contributed by atoms with Crippen molar-refractivity contribution in [2.24, 2.45) is 0 Å². The Hall–Kier alpha value is -3.29. The molecule has 0 saturated heterocycles. The number of carbonyl (C=O) groups is 1. The van der Waals surface area contributed by atoms with Gasteiger partial charge in [0.25, 0.3) is 5.91 Å². The third-order valence-corrected chi connectivity index (χ3v) is 3.16. The SMILES string of the molecule is CN(Cc1nc(-c2ccncc2)no1)C(=O)c1ccc(=O)[nH]c1. The van der Waals surface area contributed by atoms with Crippen LogP contribution >= 0.6 is 0 Å². The van der Waals surface area contributed by atoms with Gasteiger partial charge in [-0.2, -0.15) is 4.98 Å². The topological polar surface area (TPSA) is 105 Å². The predicted molar refractivity (Wildman–Crippen MR) is 80.4 cm³/mol. The molecule has 0 atom stereocenters. The summed E-state index contributed by atoms with van der Waals surface area (Å²) in [6.07, 6.45) is 4.64. The minimum absolute atomic E-state index is 0.163. The van der Waals surface area contributed by atoms with E-state index in [-0.39, 0.29) is 18.0 Å². The summed E-state index contributed by atoms with van der Waals surface area (Å²) in [5.74, 6) is 0.495.